The number of rotatable bonds is 6. The Labute approximate surface area is 146 Å². The first-order valence-corrected chi connectivity index (χ1v) is 8.26. The Hall–Kier alpha value is -2.95. The van der Waals surface area contributed by atoms with E-state index in [9.17, 15) is 14.4 Å². The van der Waals surface area contributed by atoms with E-state index in [-0.39, 0.29) is 28.9 Å². The van der Waals surface area contributed by atoms with E-state index in [1.165, 1.54) is 13.0 Å². The third kappa shape index (κ3) is 4.12. The standard InChI is InChI=1S/C20H19NO4/c1-13(19(23)21-15-11-12-15)25-20(24)17-10-6-5-9-16(17)18(22)14-7-3-2-4-8-14/h2-10,13,15H,11-12H2,1H3,(H,21,23)/t13-/m0/s1. The van der Waals surface area contributed by atoms with Crippen LogP contribution in [0.25, 0.3) is 0 Å². The first-order valence-electron chi connectivity index (χ1n) is 8.26. The van der Waals surface area contributed by atoms with Crippen molar-refractivity contribution in [1.29, 1.82) is 0 Å². The molecular formula is C20H19NO4. The maximum atomic E-state index is 12.7. The monoisotopic (exact) mass is 337 g/mol. The summed E-state index contributed by atoms with van der Waals surface area (Å²) in [6.07, 6.45) is 1.01. The zero-order chi connectivity index (χ0) is 17.8. The topological polar surface area (TPSA) is 72.5 Å². The minimum atomic E-state index is -0.909. The summed E-state index contributed by atoms with van der Waals surface area (Å²) >= 11 is 0. The van der Waals surface area contributed by atoms with Gasteiger partial charge in [0.1, 0.15) is 0 Å². The van der Waals surface area contributed by atoms with Crippen LogP contribution in [0.2, 0.25) is 0 Å². The van der Waals surface area contributed by atoms with Crippen LogP contribution in [0.5, 0.6) is 0 Å². The Balaban J connectivity index is 1.76. The molecule has 0 aromatic heterocycles. The van der Waals surface area contributed by atoms with Crippen molar-refractivity contribution in [3.8, 4) is 0 Å². The van der Waals surface area contributed by atoms with E-state index in [1.54, 1.807) is 42.5 Å². The first kappa shape index (κ1) is 16.9. The molecule has 5 nitrogen and oxygen atoms in total. The summed E-state index contributed by atoms with van der Waals surface area (Å²) in [6, 6.07) is 15.4. The fourth-order valence-electron chi connectivity index (χ4n) is 2.43. The Morgan fingerprint density at radius 1 is 0.960 bits per heavy atom. The van der Waals surface area contributed by atoms with E-state index < -0.39 is 12.1 Å². The average molecular weight is 337 g/mol. The second-order valence-electron chi connectivity index (χ2n) is 6.07. The van der Waals surface area contributed by atoms with Gasteiger partial charge in [-0.1, -0.05) is 48.5 Å². The van der Waals surface area contributed by atoms with Gasteiger partial charge in [0, 0.05) is 17.2 Å². The van der Waals surface area contributed by atoms with Gasteiger partial charge < -0.3 is 10.1 Å². The number of ether oxygens (including phenoxy) is 1. The Morgan fingerprint density at radius 3 is 2.20 bits per heavy atom. The lowest BCUT2D eigenvalue weighted by Gasteiger charge is -2.14. The van der Waals surface area contributed by atoms with E-state index >= 15 is 0 Å². The molecule has 5 heteroatoms. The van der Waals surface area contributed by atoms with Crippen LogP contribution in [0.1, 0.15) is 46.0 Å². The molecule has 0 bridgehead atoms. The van der Waals surface area contributed by atoms with E-state index in [4.69, 9.17) is 4.74 Å². The highest BCUT2D eigenvalue weighted by Crippen LogP contribution is 2.19. The largest absolute Gasteiger partial charge is 0.449 e. The molecule has 0 aliphatic heterocycles. The lowest BCUT2D eigenvalue weighted by Crippen LogP contribution is -2.37. The summed E-state index contributed by atoms with van der Waals surface area (Å²) in [5, 5.41) is 2.79. The summed E-state index contributed by atoms with van der Waals surface area (Å²) < 4.78 is 5.25. The molecular weight excluding hydrogens is 318 g/mol. The number of carbonyl (C=O) groups is 3. The highest BCUT2D eigenvalue weighted by molar-refractivity contribution is 6.14. The summed E-state index contributed by atoms with van der Waals surface area (Å²) in [4.78, 5) is 37.1. The van der Waals surface area contributed by atoms with Crippen molar-refractivity contribution >= 4 is 17.7 Å². The minimum absolute atomic E-state index is 0.155. The van der Waals surface area contributed by atoms with Gasteiger partial charge in [-0.2, -0.15) is 0 Å². The zero-order valence-electron chi connectivity index (χ0n) is 13.9. The number of hydrogen-bond acceptors (Lipinski definition) is 4. The molecule has 3 rings (SSSR count). The normalized spacial score (nSPS) is 14.4. The first-order chi connectivity index (χ1) is 12.1. The van der Waals surface area contributed by atoms with Gasteiger partial charge in [0.15, 0.2) is 11.9 Å². The smallest absolute Gasteiger partial charge is 0.339 e. The number of benzene rings is 2. The molecule has 2 aromatic rings. The van der Waals surface area contributed by atoms with Crippen molar-refractivity contribution in [3.63, 3.8) is 0 Å². The van der Waals surface area contributed by atoms with E-state index in [0.717, 1.165) is 12.8 Å². The van der Waals surface area contributed by atoms with Gasteiger partial charge in [-0.25, -0.2) is 4.79 Å². The zero-order valence-corrected chi connectivity index (χ0v) is 13.9. The van der Waals surface area contributed by atoms with Gasteiger partial charge in [0.05, 0.1) is 5.56 Å². The van der Waals surface area contributed by atoms with Gasteiger partial charge in [0.2, 0.25) is 0 Å². The lowest BCUT2D eigenvalue weighted by atomic mass is 9.98. The van der Waals surface area contributed by atoms with Gasteiger partial charge >= 0.3 is 5.97 Å². The molecule has 0 heterocycles. The molecule has 1 atom stereocenters. The van der Waals surface area contributed by atoms with Crippen molar-refractivity contribution in [2.45, 2.75) is 31.9 Å². The number of esters is 1. The third-order valence-corrected chi connectivity index (χ3v) is 4.00. The second kappa shape index (κ2) is 7.30. The predicted molar refractivity (Wildman–Crippen MR) is 92.4 cm³/mol. The third-order valence-electron chi connectivity index (χ3n) is 4.00. The Bertz CT molecular complexity index is 796. The number of nitrogens with one attached hydrogen (secondary N) is 1. The molecule has 1 fully saturated rings. The van der Waals surface area contributed by atoms with E-state index in [1.807, 2.05) is 6.07 Å². The Morgan fingerprint density at radius 2 is 1.56 bits per heavy atom. The predicted octanol–water partition coefficient (Wildman–Crippen LogP) is 2.74. The van der Waals surface area contributed by atoms with Crippen LogP contribution in [0.3, 0.4) is 0 Å². The highest BCUT2D eigenvalue weighted by atomic mass is 16.5. The average Bonchev–Trinajstić information content (AvgIpc) is 3.45. The summed E-state index contributed by atoms with van der Waals surface area (Å²) in [5.41, 5.74) is 0.901. The van der Waals surface area contributed by atoms with Crippen LogP contribution >= 0.6 is 0 Å². The van der Waals surface area contributed by atoms with Gasteiger partial charge in [-0.05, 0) is 25.8 Å². The van der Waals surface area contributed by atoms with Crippen LogP contribution in [-0.2, 0) is 9.53 Å². The SMILES string of the molecule is C[C@H](OC(=O)c1ccccc1C(=O)c1ccccc1)C(=O)NC1CC1. The van der Waals surface area contributed by atoms with Crippen LogP contribution in [0.15, 0.2) is 54.6 Å². The van der Waals surface area contributed by atoms with Gasteiger partial charge in [-0.3, -0.25) is 9.59 Å². The number of hydrogen-bond donors (Lipinski definition) is 1. The number of carbonyl (C=O) groups excluding carboxylic acids is 3. The maximum absolute atomic E-state index is 12.7. The molecule has 0 spiro atoms. The van der Waals surface area contributed by atoms with Crippen LogP contribution in [0, 0.1) is 0 Å². The number of amides is 1. The lowest BCUT2D eigenvalue weighted by molar-refractivity contribution is -0.129. The highest BCUT2D eigenvalue weighted by Gasteiger charge is 2.28. The van der Waals surface area contributed by atoms with E-state index in [0.29, 0.717) is 5.56 Å². The summed E-state index contributed by atoms with van der Waals surface area (Å²) in [7, 11) is 0. The molecule has 1 amide bonds. The van der Waals surface area contributed by atoms with Crippen LogP contribution in [-0.4, -0.2) is 29.8 Å². The summed E-state index contributed by atoms with van der Waals surface area (Å²) in [6.45, 7) is 1.53. The molecule has 1 N–H and O–H groups in total. The maximum Gasteiger partial charge on any atom is 0.339 e. The van der Waals surface area contributed by atoms with Crippen molar-refractivity contribution < 1.29 is 19.1 Å². The van der Waals surface area contributed by atoms with Crippen molar-refractivity contribution in [2.24, 2.45) is 0 Å². The number of ketones is 1. The second-order valence-corrected chi connectivity index (χ2v) is 6.07. The molecule has 0 radical (unpaired) electrons. The molecule has 1 aliphatic rings. The van der Waals surface area contributed by atoms with Crippen molar-refractivity contribution in [1.82, 2.24) is 5.32 Å². The Kier molecular flexibility index (Phi) is 4.93. The molecule has 1 aliphatic carbocycles. The molecule has 25 heavy (non-hydrogen) atoms. The van der Waals surface area contributed by atoms with Crippen LogP contribution in [0.4, 0.5) is 0 Å². The van der Waals surface area contributed by atoms with E-state index in [2.05, 4.69) is 5.32 Å². The fourth-order valence-corrected chi connectivity index (χ4v) is 2.43. The molecule has 0 saturated heterocycles. The van der Waals surface area contributed by atoms with Gasteiger partial charge in [0.25, 0.3) is 5.91 Å². The molecule has 1 saturated carbocycles. The summed E-state index contributed by atoms with van der Waals surface area (Å²) in [5.74, 6) is -1.26. The van der Waals surface area contributed by atoms with Crippen molar-refractivity contribution in [2.75, 3.05) is 0 Å². The van der Waals surface area contributed by atoms with Crippen molar-refractivity contribution in [3.05, 3.63) is 71.3 Å². The van der Waals surface area contributed by atoms with Crippen LogP contribution < -0.4 is 5.32 Å². The minimum Gasteiger partial charge on any atom is -0.449 e. The van der Waals surface area contributed by atoms with Gasteiger partial charge in [-0.15, -0.1) is 0 Å². The molecule has 128 valence electrons. The fraction of sp³-hybridized carbons (Fsp3) is 0.250. The quantitative estimate of drug-likeness (QED) is 0.650. The molecule has 2 aromatic carbocycles. The molecule has 0 unspecified atom stereocenters.